The van der Waals surface area contributed by atoms with Crippen LogP contribution in [0.1, 0.15) is 65.7 Å². The van der Waals surface area contributed by atoms with Crippen molar-refractivity contribution < 1.29 is 0 Å². The van der Waals surface area contributed by atoms with Crippen molar-refractivity contribution in [2.75, 3.05) is 0 Å². The van der Waals surface area contributed by atoms with Crippen molar-refractivity contribution in [3.05, 3.63) is 34.9 Å². The summed E-state index contributed by atoms with van der Waals surface area (Å²) in [6.07, 6.45) is 17.1. The van der Waals surface area contributed by atoms with E-state index >= 15 is 0 Å². The lowest BCUT2D eigenvalue weighted by molar-refractivity contribution is 0.200. The molecule has 0 aromatic carbocycles. The van der Waals surface area contributed by atoms with Crippen LogP contribution in [0.5, 0.6) is 0 Å². The lowest BCUT2D eigenvalue weighted by atomic mass is 9.70. The van der Waals surface area contributed by atoms with Crippen molar-refractivity contribution in [2.24, 2.45) is 23.7 Å². The fourth-order valence-corrected chi connectivity index (χ4v) is 4.30. The fourth-order valence-electron chi connectivity index (χ4n) is 4.30. The second-order valence-electron chi connectivity index (χ2n) is 7.79. The van der Waals surface area contributed by atoms with Crippen molar-refractivity contribution >= 4 is 0 Å². The molecule has 2 saturated carbocycles. The molecule has 110 valence electrons. The third-order valence-electron chi connectivity index (χ3n) is 5.78. The summed E-state index contributed by atoms with van der Waals surface area (Å²) in [4.78, 5) is 0. The first-order chi connectivity index (χ1) is 9.61. The summed E-state index contributed by atoms with van der Waals surface area (Å²) in [7, 11) is 0. The van der Waals surface area contributed by atoms with Gasteiger partial charge in [0.1, 0.15) is 0 Å². The Balaban J connectivity index is 1.57. The minimum atomic E-state index is 0.851. The van der Waals surface area contributed by atoms with Crippen LogP contribution < -0.4 is 0 Å². The first-order valence-electron chi connectivity index (χ1n) is 8.68. The summed E-state index contributed by atoms with van der Waals surface area (Å²) in [5.74, 6) is 3.82. The standard InChI is InChI=1S/C20H30/c1-14-10-18(11-14)7-6-17-5-4-16(3)20(9-8-17)19-12-15(2)13-19/h4,8-9,14-15,18-19H,5-7,10-13H2,1-3H3. The third-order valence-corrected chi connectivity index (χ3v) is 5.78. The highest BCUT2D eigenvalue weighted by Crippen LogP contribution is 2.42. The van der Waals surface area contributed by atoms with Crippen LogP contribution in [0.15, 0.2) is 34.9 Å². The van der Waals surface area contributed by atoms with Gasteiger partial charge in [0.15, 0.2) is 0 Å². The van der Waals surface area contributed by atoms with Gasteiger partial charge in [0.25, 0.3) is 0 Å². The zero-order valence-corrected chi connectivity index (χ0v) is 13.5. The number of rotatable bonds is 4. The molecular weight excluding hydrogens is 240 g/mol. The van der Waals surface area contributed by atoms with E-state index in [9.17, 15) is 0 Å². The Morgan fingerprint density at radius 2 is 1.70 bits per heavy atom. The molecule has 0 bridgehead atoms. The lowest BCUT2D eigenvalue weighted by Gasteiger charge is -2.35. The first kappa shape index (κ1) is 14.2. The lowest BCUT2D eigenvalue weighted by Crippen LogP contribution is -2.23. The summed E-state index contributed by atoms with van der Waals surface area (Å²) in [5, 5.41) is 0. The summed E-state index contributed by atoms with van der Waals surface area (Å²) < 4.78 is 0. The van der Waals surface area contributed by atoms with E-state index in [0.29, 0.717) is 0 Å². The second-order valence-corrected chi connectivity index (χ2v) is 7.79. The average Bonchev–Trinajstić information content (AvgIpc) is 2.52. The van der Waals surface area contributed by atoms with Crippen LogP contribution in [-0.2, 0) is 0 Å². The van der Waals surface area contributed by atoms with Gasteiger partial charge in [-0.1, -0.05) is 43.2 Å². The van der Waals surface area contributed by atoms with Crippen LogP contribution in [0.2, 0.25) is 0 Å². The molecule has 0 heteroatoms. The van der Waals surface area contributed by atoms with Crippen molar-refractivity contribution in [3.63, 3.8) is 0 Å². The molecule has 3 aliphatic carbocycles. The Morgan fingerprint density at radius 1 is 1.00 bits per heavy atom. The number of hydrogen-bond acceptors (Lipinski definition) is 0. The molecule has 0 nitrogen and oxygen atoms in total. The molecule has 0 radical (unpaired) electrons. The van der Waals surface area contributed by atoms with Gasteiger partial charge in [0.05, 0.1) is 0 Å². The highest BCUT2D eigenvalue weighted by molar-refractivity contribution is 5.40. The molecule has 0 N–H and O–H groups in total. The monoisotopic (exact) mass is 270 g/mol. The van der Waals surface area contributed by atoms with Crippen molar-refractivity contribution in [1.82, 2.24) is 0 Å². The maximum Gasteiger partial charge on any atom is -0.0130 e. The molecule has 0 aliphatic heterocycles. The average molecular weight is 270 g/mol. The molecule has 0 spiro atoms. The first-order valence-corrected chi connectivity index (χ1v) is 8.68. The zero-order valence-electron chi connectivity index (χ0n) is 13.5. The zero-order chi connectivity index (χ0) is 14.1. The Morgan fingerprint density at radius 3 is 2.35 bits per heavy atom. The summed E-state index contributed by atoms with van der Waals surface area (Å²) >= 11 is 0. The van der Waals surface area contributed by atoms with Gasteiger partial charge in [-0.25, -0.2) is 0 Å². The predicted molar refractivity (Wildman–Crippen MR) is 87.6 cm³/mol. The van der Waals surface area contributed by atoms with E-state index in [2.05, 4.69) is 39.0 Å². The van der Waals surface area contributed by atoms with Gasteiger partial charge >= 0.3 is 0 Å². The topological polar surface area (TPSA) is 0 Å². The molecule has 0 atom stereocenters. The van der Waals surface area contributed by atoms with E-state index in [-0.39, 0.29) is 0 Å². The summed E-state index contributed by atoms with van der Waals surface area (Å²) in [6, 6.07) is 0. The molecular formula is C20H30. The third kappa shape index (κ3) is 3.10. The van der Waals surface area contributed by atoms with Crippen LogP contribution in [0.25, 0.3) is 0 Å². The van der Waals surface area contributed by atoms with Gasteiger partial charge < -0.3 is 0 Å². The second kappa shape index (κ2) is 5.92. The Labute approximate surface area is 125 Å². The van der Waals surface area contributed by atoms with Gasteiger partial charge in [-0.15, -0.1) is 0 Å². The van der Waals surface area contributed by atoms with Crippen LogP contribution >= 0.6 is 0 Å². The predicted octanol–water partition coefficient (Wildman–Crippen LogP) is 6.06. The van der Waals surface area contributed by atoms with E-state index in [1.165, 1.54) is 44.9 Å². The molecule has 3 aliphatic rings. The van der Waals surface area contributed by atoms with Gasteiger partial charge in [0, 0.05) is 0 Å². The normalized spacial score (nSPS) is 37.0. The summed E-state index contributed by atoms with van der Waals surface area (Å²) in [6.45, 7) is 7.09. The molecule has 0 heterocycles. The van der Waals surface area contributed by atoms with Gasteiger partial charge in [-0.05, 0) is 81.1 Å². The molecule has 0 aromatic rings. The smallest absolute Gasteiger partial charge is 0.0130 e. The molecule has 20 heavy (non-hydrogen) atoms. The molecule has 0 unspecified atom stereocenters. The van der Waals surface area contributed by atoms with Crippen LogP contribution in [0.3, 0.4) is 0 Å². The van der Waals surface area contributed by atoms with E-state index < -0.39 is 0 Å². The summed E-state index contributed by atoms with van der Waals surface area (Å²) in [5.41, 5.74) is 4.84. The number of allylic oxidation sites excluding steroid dienone is 6. The maximum atomic E-state index is 2.48. The van der Waals surface area contributed by atoms with Gasteiger partial charge in [-0.2, -0.15) is 0 Å². The van der Waals surface area contributed by atoms with E-state index in [0.717, 1.165) is 23.7 Å². The van der Waals surface area contributed by atoms with Gasteiger partial charge in [-0.3, -0.25) is 0 Å². The van der Waals surface area contributed by atoms with E-state index in [4.69, 9.17) is 0 Å². The minimum absolute atomic E-state index is 0.851. The van der Waals surface area contributed by atoms with Crippen LogP contribution in [0.4, 0.5) is 0 Å². The van der Waals surface area contributed by atoms with E-state index in [1.807, 2.05) is 0 Å². The van der Waals surface area contributed by atoms with Crippen LogP contribution in [-0.4, -0.2) is 0 Å². The highest BCUT2D eigenvalue weighted by Gasteiger charge is 2.29. The largest absolute Gasteiger partial charge is 0.0772 e. The highest BCUT2D eigenvalue weighted by atomic mass is 14.3. The van der Waals surface area contributed by atoms with Crippen molar-refractivity contribution in [1.29, 1.82) is 0 Å². The van der Waals surface area contributed by atoms with Gasteiger partial charge in [0.2, 0.25) is 0 Å². The Bertz CT molecular complexity index is 437. The molecule has 3 rings (SSSR count). The molecule has 0 saturated heterocycles. The minimum Gasteiger partial charge on any atom is -0.0772 e. The fraction of sp³-hybridized carbons (Fsp3) is 0.700. The molecule has 0 amide bonds. The van der Waals surface area contributed by atoms with Crippen molar-refractivity contribution in [3.8, 4) is 0 Å². The molecule has 0 aromatic heterocycles. The SMILES string of the molecule is CC1=CCC(CCC2CC(C)C2)=CC=C1C1CC(C)C1. The Kier molecular flexibility index (Phi) is 4.19. The maximum absolute atomic E-state index is 2.48. The number of hydrogen-bond donors (Lipinski definition) is 0. The van der Waals surface area contributed by atoms with E-state index in [1.54, 1.807) is 16.7 Å². The molecule has 2 fully saturated rings. The van der Waals surface area contributed by atoms with Crippen molar-refractivity contribution in [2.45, 2.75) is 65.7 Å². The quantitative estimate of drug-likeness (QED) is 0.582. The van der Waals surface area contributed by atoms with Crippen LogP contribution in [0, 0.1) is 23.7 Å². The Hall–Kier alpha value is -0.780.